The van der Waals surface area contributed by atoms with Crippen molar-refractivity contribution in [3.8, 4) is 17.8 Å². The molecule has 2 aromatic heterocycles. The summed E-state index contributed by atoms with van der Waals surface area (Å²) in [5.41, 5.74) is -1.41. The number of esters is 2. The van der Waals surface area contributed by atoms with Crippen LogP contribution in [0.15, 0.2) is 99.2 Å². The molecule has 0 radical (unpaired) electrons. The number of nitrogens with one attached hydrogen (secondary N) is 4. The van der Waals surface area contributed by atoms with Crippen molar-refractivity contribution in [3.63, 3.8) is 0 Å². The molecule has 4 aromatic rings. The van der Waals surface area contributed by atoms with Gasteiger partial charge in [0.15, 0.2) is 11.4 Å². The van der Waals surface area contributed by atoms with Crippen molar-refractivity contribution < 1.29 is 89.3 Å². The normalized spacial score (nSPS) is 21.7. The molecule has 0 bridgehead atoms. The third-order valence-electron chi connectivity index (χ3n) is 19.0. The maximum absolute atomic E-state index is 14.9. The molecule has 2 saturated heterocycles. The second-order valence-electron chi connectivity index (χ2n) is 29.2. The molecule has 2 aliphatic heterocycles. The summed E-state index contributed by atoms with van der Waals surface area (Å²) >= 11 is 0. The Morgan fingerprint density at radius 3 is 1.37 bits per heavy atom. The molecule has 612 valence electrons. The first-order valence-electron chi connectivity index (χ1n) is 36.6. The summed E-state index contributed by atoms with van der Waals surface area (Å²) in [6.07, 6.45) is 19.4. The van der Waals surface area contributed by atoms with E-state index in [1.165, 1.54) is 90.3 Å². The standard InChI is InChI=1S/C32H40F2N4O7.C17H17F2N3O3.C15H25NO5.C12H23N.C2H3N.2CH4.ClH/c1-7-16-43-23-14-11-15-24(23)45-30(41)37-26(31(3,4)5)28(39)38-18-19(17-22(38)29(40)42-6)44-27-25(32(33,34)8-2)35-20-12-9-10-13-21(20)36-27;1-3-17(18,19)14-15(22-12-7-5-4-6-11(12)21-14)25-10-8-13(20-9-10)16(23)24-2;1-5-9-20-10-7-6-8-11(10)21-14(19)16-12(13(17)18)15(2,3)4;1-3-7-11(8-4-1)13-12-9-5-2-6-10-12;1-2-3;;;/h7-10,12-13,19,22-24,26H,1-2,11,14-18H2,3-6H3,(H,37,41);3-7,10,13,20H,1,8-9H2,2H3;5,10-12H,1,6-9H2,2-4H3,(H,16,19)(H,17,18);11-13H,1-10H2;1H3;2*1H4;1H/t19-,22+,23-,24-,26-;10-,13+;10-,11-,12-;;;;;/m111...../s1. The molecule has 4 aliphatic carbocycles. The number of hydrogen-bond donors (Lipinski definition) is 5. The van der Waals surface area contributed by atoms with Gasteiger partial charge >= 0.3 is 41.9 Å². The Balaban J connectivity index is 0.000000407. The van der Waals surface area contributed by atoms with Gasteiger partial charge in [0.2, 0.25) is 17.7 Å². The van der Waals surface area contributed by atoms with Crippen LogP contribution in [0.3, 0.4) is 0 Å². The van der Waals surface area contributed by atoms with Crippen LogP contribution in [-0.4, -0.2) is 179 Å². The van der Waals surface area contributed by atoms with Gasteiger partial charge in [0.05, 0.1) is 74.3 Å². The average molecular weight is 1570 g/mol. The number of alkyl carbamates (subject to hydrolysis) is 2. The van der Waals surface area contributed by atoms with Gasteiger partial charge in [-0.05, 0) is 111 Å². The van der Waals surface area contributed by atoms with Crippen molar-refractivity contribution in [1.82, 2.24) is 46.1 Å². The van der Waals surface area contributed by atoms with E-state index < -0.39 is 118 Å². The highest BCUT2D eigenvalue weighted by Crippen LogP contribution is 2.39. The van der Waals surface area contributed by atoms with E-state index >= 15 is 0 Å². The van der Waals surface area contributed by atoms with Crippen LogP contribution in [0.25, 0.3) is 22.1 Å². The lowest BCUT2D eigenvalue weighted by Gasteiger charge is -2.35. The number of likely N-dealkylation sites (tertiary alicyclic amines) is 1. The smallest absolute Gasteiger partial charge is 0.408 e. The predicted molar refractivity (Wildman–Crippen MR) is 414 cm³/mol. The number of carbonyl (C=O) groups is 6. The molecule has 3 amide bonds. The number of aliphatic carboxylic acids is 1. The zero-order valence-electron chi connectivity index (χ0n) is 63.5. The molecule has 5 N–H and O–H groups in total. The number of nitriles is 1. The van der Waals surface area contributed by atoms with Gasteiger partial charge in [0.25, 0.3) is 0 Å². The van der Waals surface area contributed by atoms with Gasteiger partial charge in [-0.25, -0.2) is 39.1 Å². The number of allylic oxidation sites excluding steroid dienone is 2. The molecule has 4 saturated carbocycles. The van der Waals surface area contributed by atoms with Crippen LogP contribution >= 0.6 is 12.4 Å². The third-order valence-corrected chi connectivity index (χ3v) is 19.0. The van der Waals surface area contributed by atoms with Crippen LogP contribution in [0.1, 0.15) is 190 Å². The Kier molecular flexibility index (Phi) is 39.7. The molecule has 6 aliphatic rings. The number of fused-ring (bicyclic) bond motifs is 2. The number of hydrogen-bond acceptors (Lipinski definition) is 21. The lowest BCUT2D eigenvalue weighted by molar-refractivity contribution is -0.152. The minimum Gasteiger partial charge on any atom is -0.480 e. The minimum absolute atomic E-state index is 0. The number of carboxylic acids is 1. The number of alkyl halides is 4. The Morgan fingerprint density at radius 1 is 0.600 bits per heavy atom. The highest BCUT2D eigenvalue weighted by Gasteiger charge is 2.48. The largest absolute Gasteiger partial charge is 0.480 e. The Morgan fingerprint density at radius 2 is 0.991 bits per heavy atom. The number of ether oxygens (including phenoxy) is 8. The fraction of sp³-hybridized carbons (Fsp3) is 0.613. The van der Waals surface area contributed by atoms with E-state index in [1.807, 2.05) is 0 Å². The van der Waals surface area contributed by atoms with E-state index in [9.17, 15) is 51.4 Å². The molecule has 10 rings (SSSR count). The third kappa shape index (κ3) is 28.3. The first-order valence-corrected chi connectivity index (χ1v) is 36.6. The average Bonchev–Trinajstić information content (AvgIpc) is 1.22. The molecular weight excluding hydrogens is 1450 g/mol. The fourth-order valence-corrected chi connectivity index (χ4v) is 13.4. The van der Waals surface area contributed by atoms with Gasteiger partial charge < -0.3 is 69.2 Å². The van der Waals surface area contributed by atoms with E-state index in [4.69, 9.17) is 38.4 Å². The van der Waals surface area contributed by atoms with Gasteiger partial charge in [-0.2, -0.15) is 22.8 Å². The van der Waals surface area contributed by atoms with Crippen LogP contribution in [0.5, 0.6) is 11.8 Å². The van der Waals surface area contributed by atoms with E-state index in [2.05, 4.69) is 72.3 Å². The molecule has 2 aromatic carbocycles. The van der Waals surface area contributed by atoms with Crippen molar-refractivity contribution in [3.05, 3.63) is 111 Å². The lowest BCUT2D eigenvalue weighted by atomic mass is 9.85. The molecule has 30 heteroatoms. The number of nitrogens with zero attached hydrogens (tertiary/aromatic N) is 6. The molecule has 0 spiro atoms. The van der Waals surface area contributed by atoms with E-state index in [-0.39, 0.29) is 69.9 Å². The molecule has 6 fully saturated rings. The van der Waals surface area contributed by atoms with Crippen molar-refractivity contribution >= 4 is 70.5 Å². The highest BCUT2D eigenvalue weighted by atomic mass is 35.5. The minimum atomic E-state index is -3.57. The van der Waals surface area contributed by atoms with E-state index in [0.717, 1.165) is 44.2 Å². The van der Waals surface area contributed by atoms with Gasteiger partial charge in [0, 0.05) is 38.4 Å². The number of carboxylic acid groups (broad SMARTS) is 1. The van der Waals surface area contributed by atoms with Crippen LogP contribution in [-0.2, 0) is 59.4 Å². The Bertz CT molecular complexity index is 3660. The first kappa shape index (κ1) is 95.6. The summed E-state index contributed by atoms with van der Waals surface area (Å²) in [7, 11) is 2.47. The van der Waals surface area contributed by atoms with Crippen molar-refractivity contribution in [1.29, 1.82) is 5.26 Å². The van der Waals surface area contributed by atoms with Gasteiger partial charge in [-0.15, -0.1) is 25.6 Å². The number of rotatable bonds is 24. The summed E-state index contributed by atoms with van der Waals surface area (Å²) < 4.78 is 102. The maximum atomic E-state index is 14.9. The monoisotopic (exact) mass is 1570 g/mol. The molecule has 0 unspecified atom stereocenters. The van der Waals surface area contributed by atoms with Crippen LogP contribution in [0.4, 0.5) is 27.2 Å². The van der Waals surface area contributed by atoms with Gasteiger partial charge in [-0.3, -0.25) is 9.59 Å². The quantitative estimate of drug-likeness (QED) is 0.0188. The number of carbonyl (C=O) groups excluding carboxylic acids is 5. The van der Waals surface area contributed by atoms with Crippen LogP contribution < -0.4 is 30.7 Å². The fourth-order valence-electron chi connectivity index (χ4n) is 13.4. The number of benzene rings is 2. The summed E-state index contributed by atoms with van der Waals surface area (Å²) in [6, 6.07) is 12.9. The van der Waals surface area contributed by atoms with Crippen LogP contribution in [0, 0.1) is 22.2 Å². The second-order valence-corrected chi connectivity index (χ2v) is 29.2. The molecule has 10 atom stereocenters. The zero-order chi connectivity index (χ0) is 78.7. The number of methoxy groups -OCH3 is 2. The first-order chi connectivity index (χ1) is 50.8. The van der Waals surface area contributed by atoms with Crippen LogP contribution in [0.2, 0.25) is 0 Å². The Labute approximate surface area is 651 Å². The zero-order valence-corrected chi connectivity index (χ0v) is 64.3. The topological polar surface area (TPSA) is 323 Å². The number of aromatic nitrogens is 4. The van der Waals surface area contributed by atoms with Crippen molar-refractivity contribution in [2.75, 3.05) is 40.5 Å². The van der Waals surface area contributed by atoms with Gasteiger partial charge in [0.1, 0.15) is 48.6 Å². The predicted octanol–water partition coefficient (Wildman–Crippen LogP) is 14.7. The maximum Gasteiger partial charge on any atom is 0.408 e. The molecule has 110 heavy (non-hydrogen) atoms. The molecule has 4 heterocycles. The summed E-state index contributed by atoms with van der Waals surface area (Å²) in [6.45, 7) is 26.4. The lowest BCUT2D eigenvalue weighted by Crippen LogP contribution is -2.57. The van der Waals surface area contributed by atoms with Crippen molar-refractivity contribution in [2.24, 2.45) is 10.8 Å². The van der Waals surface area contributed by atoms with E-state index in [0.29, 0.717) is 61.3 Å². The molecular formula is C80H117ClF4N10O15. The SMILES string of the molecule is C.C.C1CCC(NC2CCCCC2)CC1.C=CC(F)(F)c1nc2ccccc2nc1O[C@H]1CN[C@H](C(=O)OC)C1.C=CCO[C@@H]1CCC[C@H]1OC(=O)N[C@H](C(=O)N1C[C@H](Oc2nc3ccccc3nc2C(F)(F)C=C)C[C@H]1C(=O)OC)C(C)(C)C.C=CCO[C@@H]1CCC[C@H]1OC(=O)N[C@H](C(=O)O)C(C)(C)C.CC#N.Cl. The summed E-state index contributed by atoms with van der Waals surface area (Å²) in [5.74, 6) is -10.5. The number of para-hydroxylation sites is 4. The van der Waals surface area contributed by atoms with Crippen molar-refractivity contribution in [2.45, 2.75) is 264 Å². The molecule has 25 nitrogen and oxygen atoms in total. The number of halogens is 5. The number of amides is 3. The van der Waals surface area contributed by atoms with E-state index in [1.54, 1.807) is 108 Å². The summed E-state index contributed by atoms with van der Waals surface area (Å²) in [5, 5.41) is 28.4. The summed E-state index contributed by atoms with van der Waals surface area (Å²) in [4.78, 5) is 92.4. The Hall–Kier alpha value is -8.56. The highest BCUT2D eigenvalue weighted by molar-refractivity contribution is 5.91. The second kappa shape index (κ2) is 45.7. The van der Waals surface area contributed by atoms with Gasteiger partial charge in [-0.1, -0.05) is 144 Å².